The number of hydrogen-bond acceptors (Lipinski definition) is 7. The van der Waals surface area contributed by atoms with Crippen molar-refractivity contribution in [2.45, 2.75) is 49.6 Å². The molecule has 0 bridgehead atoms. The molecule has 46 heavy (non-hydrogen) atoms. The van der Waals surface area contributed by atoms with Gasteiger partial charge in [-0.3, -0.25) is 4.98 Å². The van der Waals surface area contributed by atoms with Gasteiger partial charge in [-0.2, -0.15) is 5.26 Å². The van der Waals surface area contributed by atoms with Gasteiger partial charge in [-0.15, -0.1) is 5.10 Å². The molecule has 3 heterocycles. The molecule has 2 radical (unpaired) electrons. The summed E-state index contributed by atoms with van der Waals surface area (Å²) in [6.07, 6.45) is 8.79. The Morgan fingerprint density at radius 3 is 2.57 bits per heavy atom. The Hall–Kier alpha value is -4.46. The largest absolute Gasteiger partial charge is 0.378 e. The van der Waals surface area contributed by atoms with Crippen LogP contribution >= 0.6 is 11.6 Å². The van der Waals surface area contributed by atoms with Gasteiger partial charge >= 0.3 is 0 Å². The highest BCUT2D eigenvalue weighted by atomic mass is 35.5. The molecule has 1 saturated carbocycles. The zero-order chi connectivity index (χ0) is 31.7. The Morgan fingerprint density at radius 2 is 1.85 bits per heavy atom. The summed E-state index contributed by atoms with van der Waals surface area (Å²) in [7, 11) is 7.12. The quantitative estimate of drug-likeness (QED) is 0.153. The van der Waals surface area contributed by atoms with Gasteiger partial charge in [0.25, 0.3) is 0 Å². The van der Waals surface area contributed by atoms with Crippen molar-refractivity contribution in [1.29, 1.82) is 5.26 Å². The third-order valence-corrected chi connectivity index (χ3v) is 9.26. The molecule has 1 aliphatic heterocycles. The highest BCUT2D eigenvalue weighted by Gasteiger charge is 2.34. The molecule has 1 aliphatic carbocycles. The van der Waals surface area contributed by atoms with Crippen LogP contribution in [0.25, 0.3) is 10.9 Å². The molecule has 8 nitrogen and oxygen atoms in total. The standard InChI is InChI=1S/C35H33BClFN8/c36-35(25-8-10-26(38)11-9-25,32-22-46(44-43-32)28-12-13-28)42-27-18-29-33(24(20-39)21-40-34(29)30(37)19-27)41-31(23-6-2-1-3-7-23)14-17-45-15-4-5-16-45/h1-3,6-11,18-19,21-22,28,31,42H,4-5,12-17H2,(H,40,41)/t31-,35+/m1/s1. The number of benzene rings is 3. The average molecular weight is 631 g/mol. The Balaban J connectivity index is 1.29. The Labute approximate surface area is 274 Å². The van der Waals surface area contributed by atoms with Crippen LogP contribution in [0, 0.1) is 17.1 Å². The van der Waals surface area contributed by atoms with Crippen molar-refractivity contribution in [3.63, 3.8) is 0 Å². The molecule has 2 atom stereocenters. The second-order valence-corrected chi connectivity index (χ2v) is 12.6. The van der Waals surface area contributed by atoms with Gasteiger partial charge in [0.2, 0.25) is 0 Å². The predicted molar refractivity (Wildman–Crippen MR) is 179 cm³/mol. The number of halogens is 2. The van der Waals surface area contributed by atoms with Crippen molar-refractivity contribution in [2.24, 2.45) is 0 Å². The predicted octanol–water partition coefficient (Wildman–Crippen LogP) is 6.95. The normalized spacial score (nSPS) is 17.0. The monoisotopic (exact) mass is 630 g/mol. The zero-order valence-electron chi connectivity index (χ0n) is 25.3. The van der Waals surface area contributed by atoms with Crippen LogP contribution in [0.3, 0.4) is 0 Å². The molecule has 11 heteroatoms. The summed E-state index contributed by atoms with van der Waals surface area (Å²) < 4.78 is 15.8. The van der Waals surface area contributed by atoms with Crippen LogP contribution in [0.5, 0.6) is 0 Å². The highest BCUT2D eigenvalue weighted by molar-refractivity contribution is 6.36. The molecule has 7 rings (SSSR count). The van der Waals surface area contributed by atoms with Crippen LogP contribution in [0.15, 0.2) is 79.1 Å². The number of rotatable bonds is 11. The minimum Gasteiger partial charge on any atom is -0.378 e. The van der Waals surface area contributed by atoms with E-state index in [1.165, 1.54) is 25.0 Å². The van der Waals surface area contributed by atoms with Crippen LogP contribution in [0.2, 0.25) is 5.02 Å². The van der Waals surface area contributed by atoms with E-state index in [1.54, 1.807) is 24.4 Å². The van der Waals surface area contributed by atoms with Gasteiger partial charge < -0.3 is 15.5 Å². The molecule has 230 valence electrons. The number of hydrogen-bond donors (Lipinski definition) is 2. The molecular formula is C35H33BClFN8. The van der Waals surface area contributed by atoms with Gasteiger partial charge in [-0.05, 0) is 80.6 Å². The number of fused-ring (bicyclic) bond motifs is 1. The van der Waals surface area contributed by atoms with Crippen molar-refractivity contribution in [3.05, 3.63) is 112 Å². The maximum Gasteiger partial charge on any atom is 0.123 e. The fourth-order valence-corrected chi connectivity index (χ4v) is 6.54. The van der Waals surface area contributed by atoms with E-state index in [-0.39, 0.29) is 11.9 Å². The van der Waals surface area contributed by atoms with Crippen LogP contribution in [-0.2, 0) is 5.44 Å². The summed E-state index contributed by atoms with van der Waals surface area (Å²) in [5.74, 6) is -0.370. The molecule has 2 fully saturated rings. The third kappa shape index (κ3) is 6.17. The van der Waals surface area contributed by atoms with Crippen molar-refractivity contribution in [2.75, 3.05) is 30.3 Å². The lowest BCUT2D eigenvalue weighted by Crippen LogP contribution is -2.37. The molecule has 0 amide bonds. The van der Waals surface area contributed by atoms with E-state index < -0.39 is 5.44 Å². The van der Waals surface area contributed by atoms with Gasteiger partial charge in [0, 0.05) is 23.8 Å². The molecule has 0 spiro atoms. The maximum absolute atomic E-state index is 14.0. The molecule has 2 aliphatic rings. The van der Waals surface area contributed by atoms with E-state index >= 15 is 0 Å². The summed E-state index contributed by atoms with van der Waals surface area (Å²) >= 11 is 6.88. The van der Waals surface area contributed by atoms with Gasteiger partial charge in [-0.25, -0.2) is 9.07 Å². The lowest BCUT2D eigenvalue weighted by atomic mass is 9.69. The van der Waals surface area contributed by atoms with Gasteiger partial charge in [0.1, 0.15) is 25.4 Å². The fourth-order valence-electron chi connectivity index (χ4n) is 6.27. The number of nitrogens with zero attached hydrogens (tertiary/aromatic N) is 6. The van der Waals surface area contributed by atoms with Gasteiger partial charge in [0.15, 0.2) is 0 Å². The zero-order valence-corrected chi connectivity index (χ0v) is 26.1. The molecule has 3 aromatic carbocycles. The minimum atomic E-state index is -1.37. The lowest BCUT2D eigenvalue weighted by molar-refractivity contribution is 0.326. The van der Waals surface area contributed by atoms with E-state index in [2.05, 4.69) is 49.0 Å². The maximum atomic E-state index is 14.0. The first-order chi connectivity index (χ1) is 22.4. The van der Waals surface area contributed by atoms with Crippen molar-refractivity contribution >= 4 is 41.7 Å². The first-order valence-corrected chi connectivity index (χ1v) is 16.1. The molecular weight excluding hydrogens is 598 g/mol. The molecule has 1 saturated heterocycles. The molecule has 2 aromatic heterocycles. The first kappa shape index (κ1) is 30.2. The number of aromatic nitrogens is 4. The number of nitrogens with one attached hydrogen (secondary N) is 2. The minimum absolute atomic E-state index is 0.0554. The molecule has 2 N–H and O–H groups in total. The number of likely N-dealkylation sites (tertiary alicyclic amines) is 1. The van der Waals surface area contributed by atoms with E-state index in [1.807, 2.05) is 35.1 Å². The van der Waals surface area contributed by atoms with E-state index in [0.29, 0.717) is 50.2 Å². The Bertz CT molecular complexity index is 1880. The van der Waals surface area contributed by atoms with E-state index in [9.17, 15) is 9.65 Å². The highest BCUT2D eigenvalue weighted by Crippen LogP contribution is 2.39. The SMILES string of the molecule is [B][C@](Nc1cc(Cl)c2ncc(C#N)c(N[C@H](CCN3CCCC3)c3ccccc3)c2c1)(c1ccc(F)cc1)c1cn(C2CC2)nn1. The van der Waals surface area contributed by atoms with Crippen LogP contribution in [0.4, 0.5) is 15.8 Å². The number of pyridine rings is 1. The Morgan fingerprint density at radius 1 is 1.09 bits per heavy atom. The van der Waals surface area contributed by atoms with E-state index in [0.717, 1.165) is 44.5 Å². The van der Waals surface area contributed by atoms with Gasteiger partial charge in [0.05, 0.1) is 45.5 Å². The van der Waals surface area contributed by atoms with Crippen molar-refractivity contribution in [3.8, 4) is 6.07 Å². The lowest BCUT2D eigenvalue weighted by Gasteiger charge is -2.32. The summed E-state index contributed by atoms with van der Waals surface area (Å²) in [6, 6.07) is 22.5. The summed E-state index contributed by atoms with van der Waals surface area (Å²) in [4.78, 5) is 7.05. The first-order valence-electron chi connectivity index (χ1n) is 15.7. The second kappa shape index (κ2) is 12.7. The number of nitriles is 1. The topological polar surface area (TPSA) is 94.7 Å². The van der Waals surface area contributed by atoms with Crippen LogP contribution in [-0.4, -0.2) is 52.4 Å². The fraction of sp³-hybridized carbons (Fsp3) is 0.314. The Kier molecular flexibility index (Phi) is 8.37. The smallest absolute Gasteiger partial charge is 0.123 e. The van der Waals surface area contributed by atoms with Crippen LogP contribution < -0.4 is 10.6 Å². The van der Waals surface area contributed by atoms with Crippen LogP contribution in [0.1, 0.15) is 66.6 Å². The second-order valence-electron chi connectivity index (χ2n) is 12.2. The van der Waals surface area contributed by atoms with Crippen molar-refractivity contribution < 1.29 is 4.39 Å². The average Bonchev–Trinajstić information content (AvgIpc) is 3.54. The molecule has 5 aromatic rings. The van der Waals surface area contributed by atoms with Crippen molar-refractivity contribution in [1.82, 2.24) is 24.9 Å². The molecule has 0 unspecified atom stereocenters. The summed E-state index contributed by atoms with van der Waals surface area (Å²) in [5, 5.41) is 27.2. The summed E-state index contributed by atoms with van der Waals surface area (Å²) in [5.41, 5.74) is 3.05. The summed E-state index contributed by atoms with van der Waals surface area (Å²) in [6.45, 7) is 3.16. The third-order valence-electron chi connectivity index (χ3n) is 8.97. The van der Waals surface area contributed by atoms with Gasteiger partial charge in [-0.1, -0.05) is 59.3 Å². The number of anilines is 2. The van der Waals surface area contributed by atoms with E-state index in [4.69, 9.17) is 19.4 Å².